The van der Waals surface area contributed by atoms with Gasteiger partial charge in [-0.05, 0) is 43.7 Å². The third kappa shape index (κ3) is 3.37. The third-order valence-corrected chi connectivity index (χ3v) is 5.41. The maximum atomic E-state index is 12.2. The van der Waals surface area contributed by atoms with E-state index in [-0.39, 0.29) is 23.3 Å². The topological polar surface area (TPSA) is 81.4 Å². The summed E-state index contributed by atoms with van der Waals surface area (Å²) in [7, 11) is -3.34. The van der Waals surface area contributed by atoms with Crippen LogP contribution < -0.4 is 0 Å². The molecule has 1 aliphatic rings. The van der Waals surface area contributed by atoms with Gasteiger partial charge < -0.3 is 5.11 Å². The summed E-state index contributed by atoms with van der Waals surface area (Å²) in [6.45, 7) is 1.36. The second kappa shape index (κ2) is 6.35. The molecule has 0 saturated carbocycles. The molecule has 1 saturated heterocycles. The van der Waals surface area contributed by atoms with E-state index >= 15 is 0 Å². The van der Waals surface area contributed by atoms with E-state index in [1.165, 1.54) is 24.3 Å². The Kier molecular flexibility index (Phi) is 4.76. The van der Waals surface area contributed by atoms with E-state index in [0.29, 0.717) is 12.1 Å². The molecular formula is C14H18N2O3S. The minimum absolute atomic E-state index is 0.0371. The first-order valence-electron chi connectivity index (χ1n) is 6.64. The molecule has 1 aliphatic heterocycles. The molecule has 0 bridgehead atoms. The maximum absolute atomic E-state index is 12.2. The number of nitrogens with zero attached hydrogens (tertiary/aromatic N) is 2. The highest BCUT2D eigenvalue weighted by Gasteiger charge is 2.25. The predicted octanol–water partition coefficient (Wildman–Crippen LogP) is 0.789. The van der Waals surface area contributed by atoms with Gasteiger partial charge in [-0.1, -0.05) is 0 Å². The molecule has 1 N–H and O–H groups in total. The van der Waals surface area contributed by atoms with Crippen molar-refractivity contribution < 1.29 is 13.5 Å². The number of aliphatic hydroxyl groups excluding tert-OH is 1. The summed E-state index contributed by atoms with van der Waals surface area (Å²) in [5.41, 5.74) is 0.448. The van der Waals surface area contributed by atoms with Crippen LogP contribution in [0.1, 0.15) is 18.4 Å². The Morgan fingerprint density at radius 2 is 2.05 bits per heavy atom. The molecule has 1 aromatic carbocycles. The van der Waals surface area contributed by atoms with Crippen molar-refractivity contribution in [3.8, 4) is 6.07 Å². The molecule has 1 fully saturated rings. The van der Waals surface area contributed by atoms with Crippen LogP contribution in [0.4, 0.5) is 0 Å². The number of likely N-dealkylation sites (tertiary alicyclic amines) is 1. The van der Waals surface area contributed by atoms with E-state index in [1.807, 2.05) is 11.0 Å². The van der Waals surface area contributed by atoms with Crippen LogP contribution in [0.5, 0.6) is 0 Å². The van der Waals surface area contributed by atoms with Crippen LogP contribution in [0.25, 0.3) is 0 Å². The SMILES string of the molecule is N#Cc1ccc(S(=O)(=O)CCN2CCC[C@H]2CO)cc1. The summed E-state index contributed by atoms with van der Waals surface area (Å²) in [6.07, 6.45) is 1.93. The number of nitriles is 1. The molecule has 0 aromatic heterocycles. The molecule has 1 aromatic rings. The molecule has 5 nitrogen and oxygen atoms in total. The number of benzene rings is 1. The average molecular weight is 294 g/mol. The van der Waals surface area contributed by atoms with Crippen LogP contribution in [0.15, 0.2) is 29.2 Å². The van der Waals surface area contributed by atoms with E-state index in [1.54, 1.807) is 0 Å². The first kappa shape index (κ1) is 15.0. The minimum Gasteiger partial charge on any atom is -0.395 e. The van der Waals surface area contributed by atoms with Crippen molar-refractivity contribution in [3.05, 3.63) is 29.8 Å². The molecule has 1 atom stereocenters. The van der Waals surface area contributed by atoms with E-state index in [4.69, 9.17) is 5.26 Å². The second-order valence-corrected chi connectivity index (χ2v) is 7.08. The molecule has 0 spiro atoms. The number of aliphatic hydroxyl groups is 1. The molecule has 0 radical (unpaired) electrons. The summed E-state index contributed by atoms with van der Waals surface area (Å²) in [6, 6.07) is 8.03. The van der Waals surface area contributed by atoms with Crippen molar-refractivity contribution in [1.29, 1.82) is 5.26 Å². The Labute approximate surface area is 119 Å². The van der Waals surface area contributed by atoms with Crippen molar-refractivity contribution in [3.63, 3.8) is 0 Å². The largest absolute Gasteiger partial charge is 0.395 e. The summed E-state index contributed by atoms with van der Waals surface area (Å²) < 4.78 is 24.4. The number of rotatable bonds is 5. The highest BCUT2D eigenvalue weighted by atomic mass is 32.2. The first-order valence-corrected chi connectivity index (χ1v) is 8.30. The van der Waals surface area contributed by atoms with Crippen molar-refractivity contribution in [2.45, 2.75) is 23.8 Å². The first-order chi connectivity index (χ1) is 9.56. The fourth-order valence-corrected chi connectivity index (χ4v) is 3.75. The Morgan fingerprint density at radius 1 is 1.35 bits per heavy atom. The zero-order valence-electron chi connectivity index (χ0n) is 11.2. The lowest BCUT2D eigenvalue weighted by Gasteiger charge is -2.22. The van der Waals surface area contributed by atoms with Crippen LogP contribution in [-0.2, 0) is 9.84 Å². The van der Waals surface area contributed by atoms with Gasteiger partial charge in [0, 0.05) is 12.6 Å². The van der Waals surface area contributed by atoms with Crippen molar-refractivity contribution in [2.75, 3.05) is 25.4 Å². The summed E-state index contributed by atoms with van der Waals surface area (Å²) in [5, 5.41) is 17.9. The van der Waals surface area contributed by atoms with Crippen LogP contribution in [0.3, 0.4) is 0 Å². The third-order valence-electron chi connectivity index (χ3n) is 3.70. The lowest BCUT2D eigenvalue weighted by molar-refractivity contribution is 0.165. The molecule has 0 aliphatic carbocycles. The molecule has 6 heteroatoms. The zero-order chi connectivity index (χ0) is 14.6. The normalized spacial score (nSPS) is 19.9. The molecule has 20 heavy (non-hydrogen) atoms. The maximum Gasteiger partial charge on any atom is 0.179 e. The lowest BCUT2D eigenvalue weighted by atomic mass is 10.2. The standard InChI is InChI=1S/C14H18N2O3S/c15-10-12-3-5-14(6-4-12)20(18,19)9-8-16-7-1-2-13(16)11-17/h3-6,13,17H,1-2,7-9,11H2/t13-/m0/s1. The van der Waals surface area contributed by atoms with Gasteiger partial charge in [0.25, 0.3) is 0 Å². The zero-order valence-corrected chi connectivity index (χ0v) is 12.0. The van der Waals surface area contributed by atoms with E-state index in [9.17, 15) is 13.5 Å². The highest BCUT2D eigenvalue weighted by Crippen LogP contribution is 2.18. The van der Waals surface area contributed by atoms with Crippen LogP contribution in [0, 0.1) is 11.3 Å². The second-order valence-electron chi connectivity index (χ2n) is 4.97. The Morgan fingerprint density at radius 3 is 2.65 bits per heavy atom. The fourth-order valence-electron chi connectivity index (χ4n) is 2.49. The fraction of sp³-hybridized carbons (Fsp3) is 0.500. The Hall–Kier alpha value is -1.42. The van der Waals surface area contributed by atoms with Gasteiger partial charge in [0.1, 0.15) is 0 Å². The smallest absolute Gasteiger partial charge is 0.179 e. The van der Waals surface area contributed by atoms with Gasteiger partial charge in [0.05, 0.1) is 28.9 Å². The number of hydrogen-bond donors (Lipinski definition) is 1. The minimum atomic E-state index is -3.34. The van der Waals surface area contributed by atoms with Crippen molar-refractivity contribution in [2.24, 2.45) is 0 Å². The summed E-state index contributed by atoms with van der Waals surface area (Å²) in [4.78, 5) is 2.28. The highest BCUT2D eigenvalue weighted by molar-refractivity contribution is 7.91. The molecule has 2 rings (SSSR count). The van der Waals surface area contributed by atoms with E-state index in [2.05, 4.69) is 0 Å². The van der Waals surface area contributed by atoms with Gasteiger partial charge >= 0.3 is 0 Å². The Bertz CT molecular complexity index is 590. The van der Waals surface area contributed by atoms with Gasteiger partial charge in [-0.25, -0.2) is 8.42 Å². The van der Waals surface area contributed by atoms with Gasteiger partial charge in [-0.3, -0.25) is 4.90 Å². The van der Waals surface area contributed by atoms with E-state index in [0.717, 1.165) is 19.4 Å². The summed E-state index contributed by atoms with van der Waals surface area (Å²) >= 11 is 0. The quantitative estimate of drug-likeness (QED) is 0.868. The molecule has 0 unspecified atom stereocenters. The number of hydrogen-bond acceptors (Lipinski definition) is 5. The summed E-state index contributed by atoms with van der Waals surface area (Å²) in [5.74, 6) is 0.0371. The van der Waals surface area contributed by atoms with Gasteiger partial charge in [-0.2, -0.15) is 5.26 Å². The molecular weight excluding hydrogens is 276 g/mol. The van der Waals surface area contributed by atoms with E-state index < -0.39 is 9.84 Å². The monoisotopic (exact) mass is 294 g/mol. The van der Waals surface area contributed by atoms with Gasteiger partial charge in [0.15, 0.2) is 9.84 Å². The average Bonchev–Trinajstić information content (AvgIpc) is 2.93. The lowest BCUT2D eigenvalue weighted by Crippen LogP contribution is -2.35. The van der Waals surface area contributed by atoms with Crippen LogP contribution >= 0.6 is 0 Å². The van der Waals surface area contributed by atoms with Crippen LogP contribution in [0.2, 0.25) is 0 Å². The van der Waals surface area contributed by atoms with Gasteiger partial charge in [-0.15, -0.1) is 0 Å². The molecule has 108 valence electrons. The van der Waals surface area contributed by atoms with Crippen LogP contribution in [-0.4, -0.2) is 49.9 Å². The predicted molar refractivity (Wildman–Crippen MR) is 74.9 cm³/mol. The Balaban J connectivity index is 2.02. The van der Waals surface area contributed by atoms with Gasteiger partial charge in [0.2, 0.25) is 0 Å². The van der Waals surface area contributed by atoms with Crippen molar-refractivity contribution in [1.82, 2.24) is 4.90 Å². The van der Waals surface area contributed by atoms with Crippen molar-refractivity contribution >= 4 is 9.84 Å². The molecule has 0 amide bonds. The number of sulfone groups is 1. The molecule has 1 heterocycles.